The van der Waals surface area contributed by atoms with Crippen molar-refractivity contribution in [2.24, 2.45) is 5.41 Å². The smallest absolute Gasteiger partial charge is 0.118 e. The number of thiophene rings is 1. The highest BCUT2D eigenvalue weighted by Crippen LogP contribution is 2.45. The van der Waals surface area contributed by atoms with E-state index in [-0.39, 0.29) is 6.61 Å². The van der Waals surface area contributed by atoms with Crippen molar-refractivity contribution >= 4 is 36.8 Å². The summed E-state index contributed by atoms with van der Waals surface area (Å²) in [6.07, 6.45) is 4.67. The lowest BCUT2D eigenvalue weighted by Crippen LogP contribution is -2.21. The summed E-state index contributed by atoms with van der Waals surface area (Å²) in [5, 5.41) is 10.0. The molecule has 3 aromatic rings. The number of thiol groups is 2. The zero-order chi connectivity index (χ0) is 26.3. The molecule has 0 unspecified atom stereocenters. The standard InChI is InChI=1S/C21H27NOS2.C7H8OS.C2H6/c1-21(2)9-7-19-17(11-21)18(13-23)20(25-19)15-5-3-14(4-6-15)16-8-10-22(24)12-16;1-8-6-2-4-7(9)5-3-6;1-2/h3-6,16,23-24H,7-13H2,1-2H3;2-5,9H,1H3;1-2H3/t16-;;/m1../s1. The molecule has 0 spiro atoms. The lowest BCUT2D eigenvalue weighted by molar-refractivity contribution is 0.274. The zero-order valence-corrected chi connectivity index (χ0v) is 24.9. The summed E-state index contributed by atoms with van der Waals surface area (Å²) in [7, 11) is 1.65. The Morgan fingerprint density at radius 1 is 1.08 bits per heavy atom. The van der Waals surface area contributed by atoms with E-state index in [1.165, 1.54) is 44.8 Å². The summed E-state index contributed by atoms with van der Waals surface area (Å²) >= 11 is 10.5. The first kappa shape index (κ1) is 29.1. The molecule has 36 heavy (non-hydrogen) atoms. The fraction of sp³-hybridized carbons (Fsp3) is 0.467. The van der Waals surface area contributed by atoms with Gasteiger partial charge in [-0.15, -0.1) is 24.0 Å². The highest BCUT2D eigenvalue weighted by Gasteiger charge is 2.30. The van der Waals surface area contributed by atoms with Crippen LogP contribution in [-0.2, 0) is 19.4 Å². The van der Waals surface area contributed by atoms with Crippen LogP contribution >= 0.6 is 36.8 Å². The van der Waals surface area contributed by atoms with Crippen LogP contribution in [0.25, 0.3) is 10.4 Å². The highest BCUT2D eigenvalue weighted by molar-refractivity contribution is 7.80. The molecule has 0 radical (unpaired) electrons. The third-order valence-electron chi connectivity index (χ3n) is 6.93. The van der Waals surface area contributed by atoms with E-state index in [0.717, 1.165) is 36.6 Å². The molecule has 1 aliphatic carbocycles. The molecule has 1 aliphatic heterocycles. The van der Waals surface area contributed by atoms with Gasteiger partial charge in [0.15, 0.2) is 0 Å². The lowest BCUT2D eigenvalue weighted by atomic mass is 9.76. The Labute approximate surface area is 232 Å². The van der Waals surface area contributed by atoms with Crippen molar-refractivity contribution in [3.63, 3.8) is 0 Å². The van der Waals surface area contributed by atoms with Gasteiger partial charge in [0.2, 0.25) is 0 Å². The number of aryl methyl sites for hydroxylation is 1. The molecule has 6 heteroatoms. The molecule has 1 aromatic heterocycles. The first-order chi connectivity index (χ1) is 17.3. The summed E-state index contributed by atoms with van der Waals surface area (Å²) in [6.45, 7) is 10.9. The van der Waals surface area contributed by atoms with Gasteiger partial charge in [-0.3, -0.25) is 4.31 Å². The molecule has 1 fully saturated rings. The predicted molar refractivity (Wildman–Crippen MR) is 161 cm³/mol. The van der Waals surface area contributed by atoms with Crippen LogP contribution in [0.3, 0.4) is 0 Å². The van der Waals surface area contributed by atoms with E-state index in [9.17, 15) is 5.11 Å². The predicted octanol–water partition coefficient (Wildman–Crippen LogP) is 8.07. The molecule has 2 heterocycles. The number of hydrogen-bond acceptors (Lipinski definition) is 6. The number of benzene rings is 2. The van der Waals surface area contributed by atoms with Gasteiger partial charge in [-0.25, -0.2) is 0 Å². The lowest BCUT2D eigenvalue weighted by Gasteiger charge is -2.29. The fourth-order valence-corrected chi connectivity index (χ4v) is 6.68. The van der Waals surface area contributed by atoms with E-state index >= 15 is 0 Å². The third kappa shape index (κ3) is 7.32. The van der Waals surface area contributed by atoms with Crippen molar-refractivity contribution in [1.29, 1.82) is 0 Å². The second kappa shape index (κ2) is 13.4. The molecule has 3 nitrogen and oxygen atoms in total. The number of nitrogens with zero attached hydrogens (tertiary/aromatic N) is 1. The number of rotatable bonds is 4. The Morgan fingerprint density at radius 3 is 2.31 bits per heavy atom. The molecule has 2 aromatic carbocycles. The van der Waals surface area contributed by atoms with Crippen molar-refractivity contribution in [1.82, 2.24) is 4.31 Å². The van der Waals surface area contributed by atoms with Crippen LogP contribution in [0.5, 0.6) is 5.75 Å². The van der Waals surface area contributed by atoms with Gasteiger partial charge in [-0.2, -0.15) is 0 Å². The van der Waals surface area contributed by atoms with Gasteiger partial charge in [-0.1, -0.05) is 64.8 Å². The zero-order valence-electron chi connectivity index (χ0n) is 22.3. The summed E-state index contributed by atoms with van der Waals surface area (Å²) in [5.41, 5.74) is 5.60. The van der Waals surface area contributed by atoms with Gasteiger partial charge < -0.3 is 9.84 Å². The maximum absolute atomic E-state index is 10.0. The van der Waals surface area contributed by atoms with Gasteiger partial charge in [0.05, 0.1) is 13.7 Å². The Balaban J connectivity index is 0.000000276. The molecular weight excluding hydrogens is 503 g/mol. The molecule has 5 rings (SSSR count). The minimum absolute atomic E-state index is 0.149. The van der Waals surface area contributed by atoms with E-state index in [1.54, 1.807) is 7.11 Å². The number of methoxy groups -OCH3 is 1. The molecule has 0 saturated carbocycles. The Bertz CT molecular complexity index is 1090. The van der Waals surface area contributed by atoms with Crippen molar-refractivity contribution in [3.8, 4) is 16.2 Å². The van der Waals surface area contributed by atoms with E-state index in [2.05, 4.69) is 67.9 Å². The first-order valence-electron chi connectivity index (χ1n) is 12.9. The maximum Gasteiger partial charge on any atom is 0.118 e. The number of aliphatic hydroxyl groups is 1. The molecular formula is C30H41NO2S3. The summed E-state index contributed by atoms with van der Waals surface area (Å²) in [6, 6.07) is 16.6. The van der Waals surface area contributed by atoms with Crippen molar-refractivity contribution < 1.29 is 9.84 Å². The summed E-state index contributed by atoms with van der Waals surface area (Å²) in [4.78, 5) is 3.72. The molecule has 0 amide bonds. The average Bonchev–Trinajstić information content (AvgIpc) is 3.48. The monoisotopic (exact) mass is 543 g/mol. The first-order valence-corrected chi connectivity index (χ1v) is 14.6. The number of fused-ring (bicyclic) bond motifs is 1. The fourth-order valence-electron chi connectivity index (χ4n) is 4.88. The molecule has 0 bridgehead atoms. The van der Waals surface area contributed by atoms with Crippen LogP contribution in [0.2, 0.25) is 0 Å². The SMILES string of the molecule is CC.CC1(C)CCc2sc(-c3ccc([C@@H]4CCN(S)C4)cc3)c(CO)c2C1.COc1ccc(S)cc1. The Morgan fingerprint density at radius 2 is 1.75 bits per heavy atom. The van der Waals surface area contributed by atoms with Gasteiger partial charge >= 0.3 is 0 Å². The Kier molecular flexibility index (Phi) is 10.8. The third-order valence-corrected chi connectivity index (χ3v) is 8.97. The van der Waals surface area contributed by atoms with Crippen LogP contribution in [0.15, 0.2) is 53.4 Å². The minimum atomic E-state index is 0.149. The average molecular weight is 544 g/mol. The molecule has 1 atom stereocenters. The second-order valence-electron chi connectivity index (χ2n) is 10.0. The van der Waals surface area contributed by atoms with Crippen molar-refractivity contribution in [2.75, 3.05) is 20.2 Å². The van der Waals surface area contributed by atoms with Gasteiger partial charge in [0.1, 0.15) is 5.75 Å². The van der Waals surface area contributed by atoms with Crippen LogP contribution in [0.1, 0.15) is 68.0 Å². The van der Waals surface area contributed by atoms with Crippen LogP contribution in [0, 0.1) is 5.41 Å². The van der Waals surface area contributed by atoms with Gasteiger partial charge in [-0.05, 0) is 83.5 Å². The molecule has 1 saturated heterocycles. The number of aliphatic hydroxyl groups excluding tert-OH is 1. The van der Waals surface area contributed by atoms with E-state index in [4.69, 9.17) is 4.74 Å². The van der Waals surface area contributed by atoms with Gasteiger partial charge in [0, 0.05) is 27.7 Å². The minimum Gasteiger partial charge on any atom is -0.497 e. The quantitative estimate of drug-likeness (QED) is 0.291. The topological polar surface area (TPSA) is 32.7 Å². The largest absolute Gasteiger partial charge is 0.497 e. The molecule has 2 aliphatic rings. The Hall–Kier alpha value is -1.44. The van der Waals surface area contributed by atoms with E-state index < -0.39 is 0 Å². The maximum atomic E-state index is 10.0. The molecule has 196 valence electrons. The van der Waals surface area contributed by atoms with Crippen molar-refractivity contribution in [2.45, 2.75) is 70.8 Å². The highest BCUT2D eigenvalue weighted by atomic mass is 32.1. The number of ether oxygens (including phenoxy) is 1. The van der Waals surface area contributed by atoms with Gasteiger partial charge in [0.25, 0.3) is 0 Å². The van der Waals surface area contributed by atoms with Crippen LogP contribution in [-0.4, -0.2) is 29.6 Å². The second-order valence-corrected chi connectivity index (χ2v) is 12.2. The van der Waals surface area contributed by atoms with Crippen molar-refractivity contribution in [3.05, 3.63) is 70.1 Å². The van der Waals surface area contributed by atoms with E-state index in [0.29, 0.717) is 11.3 Å². The van der Waals surface area contributed by atoms with Crippen LogP contribution < -0.4 is 4.74 Å². The van der Waals surface area contributed by atoms with Crippen LogP contribution in [0.4, 0.5) is 0 Å². The normalized spacial score (nSPS) is 18.4. The summed E-state index contributed by atoms with van der Waals surface area (Å²) in [5.74, 6) is 1.47. The number of hydrogen-bond donors (Lipinski definition) is 3. The summed E-state index contributed by atoms with van der Waals surface area (Å²) < 4.78 is 7.04. The van der Waals surface area contributed by atoms with E-state index in [1.807, 2.05) is 49.4 Å². The molecule has 1 N–H and O–H groups in total.